The van der Waals surface area contributed by atoms with E-state index < -0.39 is 0 Å². The summed E-state index contributed by atoms with van der Waals surface area (Å²) in [6.45, 7) is 3.72. The van der Waals surface area contributed by atoms with Crippen molar-refractivity contribution >= 4 is 17.7 Å². The zero-order chi connectivity index (χ0) is 18.9. The smallest absolute Gasteiger partial charge is 0.302 e. The Morgan fingerprint density at radius 2 is 1.38 bits per heavy atom. The van der Waals surface area contributed by atoms with Crippen LogP contribution in [0.3, 0.4) is 0 Å². The second kappa shape index (κ2) is 9.51. The second-order valence-corrected chi connectivity index (χ2v) is 6.08. The van der Waals surface area contributed by atoms with E-state index in [1.54, 1.807) is 12.1 Å². The number of amides is 1. The Labute approximate surface area is 153 Å². The first kappa shape index (κ1) is 19.4. The molecule has 2 aromatic carbocycles. The molecule has 0 aromatic heterocycles. The van der Waals surface area contributed by atoms with E-state index in [0.717, 1.165) is 24.0 Å². The molecule has 1 N–H and O–H groups in total. The highest BCUT2D eigenvalue weighted by molar-refractivity contribution is 6.09. The van der Waals surface area contributed by atoms with Crippen molar-refractivity contribution in [2.75, 3.05) is 6.61 Å². The van der Waals surface area contributed by atoms with Gasteiger partial charge in [-0.1, -0.05) is 48.5 Å². The minimum Gasteiger partial charge on any atom is -0.466 e. The van der Waals surface area contributed by atoms with Crippen LogP contribution in [-0.4, -0.2) is 24.3 Å². The van der Waals surface area contributed by atoms with Crippen molar-refractivity contribution in [2.24, 2.45) is 0 Å². The van der Waals surface area contributed by atoms with Crippen LogP contribution in [0.2, 0.25) is 0 Å². The molecule has 0 atom stereocenters. The molecule has 0 bridgehead atoms. The Bertz CT molecular complexity index is 764. The van der Waals surface area contributed by atoms with Crippen LogP contribution in [0.5, 0.6) is 0 Å². The molecule has 0 radical (unpaired) electrons. The Hall–Kier alpha value is -2.95. The predicted octanol–water partition coefficient (Wildman–Crippen LogP) is 3.05. The van der Waals surface area contributed by atoms with Gasteiger partial charge in [-0.05, 0) is 24.0 Å². The summed E-state index contributed by atoms with van der Waals surface area (Å²) in [4.78, 5) is 34.2. The molecule has 2 rings (SSSR count). The monoisotopic (exact) mass is 353 g/mol. The van der Waals surface area contributed by atoms with Crippen molar-refractivity contribution in [3.63, 3.8) is 0 Å². The van der Waals surface area contributed by atoms with Crippen molar-refractivity contribution in [3.8, 4) is 0 Å². The van der Waals surface area contributed by atoms with Crippen LogP contribution in [0.1, 0.15) is 47.3 Å². The zero-order valence-electron chi connectivity index (χ0n) is 15.1. The number of aryl methyl sites for hydroxylation is 1. The highest BCUT2D eigenvalue weighted by Crippen LogP contribution is 2.13. The van der Waals surface area contributed by atoms with Gasteiger partial charge in [0.15, 0.2) is 5.78 Å². The first-order valence-electron chi connectivity index (χ1n) is 8.56. The van der Waals surface area contributed by atoms with Gasteiger partial charge in [-0.2, -0.15) is 0 Å². The molecule has 0 aliphatic heterocycles. The van der Waals surface area contributed by atoms with Crippen LogP contribution in [0.4, 0.5) is 0 Å². The minimum atomic E-state index is -0.269. The molecule has 0 spiro atoms. The summed E-state index contributed by atoms with van der Waals surface area (Å²) >= 11 is 0. The van der Waals surface area contributed by atoms with Gasteiger partial charge in [-0.3, -0.25) is 14.4 Å². The molecule has 0 fully saturated rings. The van der Waals surface area contributed by atoms with E-state index in [0.29, 0.717) is 24.3 Å². The van der Waals surface area contributed by atoms with Gasteiger partial charge < -0.3 is 10.1 Å². The fourth-order valence-corrected chi connectivity index (χ4v) is 2.48. The van der Waals surface area contributed by atoms with E-state index in [2.05, 4.69) is 5.32 Å². The van der Waals surface area contributed by atoms with Gasteiger partial charge in [-0.15, -0.1) is 0 Å². The number of rotatable bonds is 8. The normalized spacial score (nSPS) is 10.2. The highest BCUT2D eigenvalue weighted by atomic mass is 16.5. The van der Waals surface area contributed by atoms with Crippen molar-refractivity contribution in [3.05, 3.63) is 70.8 Å². The Balaban J connectivity index is 1.92. The van der Waals surface area contributed by atoms with Gasteiger partial charge in [0.25, 0.3) is 0 Å². The molecule has 136 valence electrons. The average molecular weight is 353 g/mol. The molecular weight excluding hydrogens is 330 g/mol. The molecule has 0 unspecified atom stereocenters. The van der Waals surface area contributed by atoms with Crippen LogP contribution in [0, 0.1) is 0 Å². The quantitative estimate of drug-likeness (QED) is 0.450. The molecule has 0 heterocycles. The fraction of sp³-hybridized carbons (Fsp3) is 0.286. The predicted molar refractivity (Wildman–Crippen MR) is 98.8 cm³/mol. The molecular formula is C21H23NO4. The SMILES string of the molecule is CC(=O)NCc1ccc(C(=O)c2ccc(CCCOC(C)=O)cc2)cc1. The van der Waals surface area contributed by atoms with Crippen LogP contribution in [0.15, 0.2) is 48.5 Å². The maximum absolute atomic E-state index is 12.5. The number of esters is 1. The van der Waals surface area contributed by atoms with Crippen LogP contribution >= 0.6 is 0 Å². The molecule has 0 saturated carbocycles. The molecule has 5 nitrogen and oxygen atoms in total. The summed E-state index contributed by atoms with van der Waals surface area (Å²) < 4.78 is 4.91. The van der Waals surface area contributed by atoms with Crippen LogP contribution in [0.25, 0.3) is 0 Å². The van der Waals surface area contributed by atoms with Gasteiger partial charge in [0, 0.05) is 31.5 Å². The number of ketones is 1. The van der Waals surface area contributed by atoms with Gasteiger partial charge in [0.05, 0.1) is 6.61 Å². The number of hydrogen-bond donors (Lipinski definition) is 1. The lowest BCUT2D eigenvalue weighted by Crippen LogP contribution is -2.18. The summed E-state index contributed by atoms with van der Waals surface area (Å²) in [5.41, 5.74) is 3.28. The van der Waals surface area contributed by atoms with Crippen LogP contribution in [-0.2, 0) is 27.3 Å². The standard InChI is InChI=1S/C21H23NO4/c1-15(23)22-14-18-7-11-20(12-8-18)21(25)19-9-5-17(6-10-19)4-3-13-26-16(2)24/h5-12H,3-4,13-14H2,1-2H3,(H,22,23). The summed E-state index contributed by atoms with van der Waals surface area (Å²) in [5.74, 6) is -0.394. The first-order chi connectivity index (χ1) is 12.5. The highest BCUT2D eigenvalue weighted by Gasteiger charge is 2.09. The maximum atomic E-state index is 12.5. The number of carbonyl (C=O) groups excluding carboxylic acids is 3. The van der Waals surface area contributed by atoms with Crippen molar-refractivity contribution in [1.82, 2.24) is 5.32 Å². The largest absolute Gasteiger partial charge is 0.466 e. The third kappa shape index (κ3) is 6.16. The van der Waals surface area contributed by atoms with Crippen molar-refractivity contribution < 1.29 is 19.1 Å². The van der Waals surface area contributed by atoms with Crippen LogP contribution < -0.4 is 5.32 Å². The lowest BCUT2D eigenvalue weighted by Gasteiger charge is -2.06. The first-order valence-corrected chi connectivity index (χ1v) is 8.56. The van der Waals surface area contributed by atoms with E-state index in [1.165, 1.54) is 13.8 Å². The van der Waals surface area contributed by atoms with Gasteiger partial charge >= 0.3 is 5.97 Å². The summed E-state index contributed by atoms with van der Waals surface area (Å²) in [6.07, 6.45) is 1.54. The van der Waals surface area contributed by atoms with E-state index >= 15 is 0 Å². The number of ether oxygens (including phenoxy) is 1. The van der Waals surface area contributed by atoms with Crippen molar-refractivity contribution in [2.45, 2.75) is 33.2 Å². The van der Waals surface area contributed by atoms with Crippen molar-refractivity contribution in [1.29, 1.82) is 0 Å². The zero-order valence-corrected chi connectivity index (χ0v) is 15.1. The number of nitrogens with one attached hydrogen (secondary N) is 1. The van der Waals surface area contributed by atoms with E-state index in [-0.39, 0.29) is 17.7 Å². The summed E-state index contributed by atoms with van der Waals surface area (Å²) in [5, 5.41) is 2.72. The molecule has 1 amide bonds. The molecule has 0 saturated heterocycles. The Morgan fingerprint density at radius 3 is 1.88 bits per heavy atom. The molecule has 0 aliphatic rings. The lowest BCUT2D eigenvalue weighted by atomic mass is 10.00. The third-order valence-corrected chi connectivity index (χ3v) is 3.89. The topological polar surface area (TPSA) is 72.5 Å². The van der Waals surface area contributed by atoms with Gasteiger partial charge in [-0.25, -0.2) is 0 Å². The second-order valence-electron chi connectivity index (χ2n) is 6.08. The van der Waals surface area contributed by atoms with Gasteiger partial charge in [0.1, 0.15) is 0 Å². The fourth-order valence-electron chi connectivity index (χ4n) is 2.48. The Kier molecular flexibility index (Phi) is 7.09. The van der Waals surface area contributed by atoms with Gasteiger partial charge in [0.2, 0.25) is 5.91 Å². The lowest BCUT2D eigenvalue weighted by molar-refractivity contribution is -0.141. The molecule has 2 aromatic rings. The van der Waals surface area contributed by atoms with E-state index in [9.17, 15) is 14.4 Å². The molecule has 26 heavy (non-hydrogen) atoms. The third-order valence-electron chi connectivity index (χ3n) is 3.89. The molecule has 0 aliphatic carbocycles. The summed E-state index contributed by atoms with van der Waals surface area (Å²) in [6, 6.07) is 14.7. The molecule has 5 heteroatoms. The average Bonchev–Trinajstić information content (AvgIpc) is 2.64. The minimum absolute atomic E-state index is 0.0393. The number of carbonyl (C=O) groups is 3. The van der Waals surface area contributed by atoms with E-state index in [1.807, 2.05) is 36.4 Å². The van der Waals surface area contributed by atoms with E-state index in [4.69, 9.17) is 4.74 Å². The number of hydrogen-bond acceptors (Lipinski definition) is 4. The Morgan fingerprint density at radius 1 is 0.846 bits per heavy atom. The number of benzene rings is 2. The summed E-state index contributed by atoms with van der Waals surface area (Å²) in [7, 11) is 0. The maximum Gasteiger partial charge on any atom is 0.302 e.